The lowest BCUT2D eigenvalue weighted by Gasteiger charge is -2.32. The van der Waals surface area contributed by atoms with E-state index in [4.69, 9.17) is 0 Å². The van der Waals surface area contributed by atoms with E-state index in [9.17, 15) is 9.59 Å². The highest BCUT2D eigenvalue weighted by Gasteiger charge is 2.23. The Kier molecular flexibility index (Phi) is 5.12. The number of piperidine rings is 1. The molecule has 4 rings (SSSR count). The van der Waals surface area contributed by atoms with Crippen LogP contribution < -0.4 is 5.56 Å². The Labute approximate surface area is 162 Å². The van der Waals surface area contributed by atoms with E-state index in [0.29, 0.717) is 17.9 Å². The SMILES string of the molecule is Cc1cc2cc(CC(=O)N3CCC(Cc4cccs4)CC3)ccc2[nH]c1=O. The zero-order chi connectivity index (χ0) is 18.8. The molecule has 1 saturated heterocycles. The van der Waals surface area contributed by atoms with Gasteiger partial charge in [-0.2, -0.15) is 0 Å². The van der Waals surface area contributed by atoms with Crippen LogP contribution >= 0.6 is 11.3 Å². The third-order valence-corrected chi connectivity index (χ3v) is 6.39. The van der Waals surface area contributed by atoms with Crippen molar-refractivity contribution in [2.45, 2.75) is 32.6 Å². The Morgan fingerprint density at radius 1 is 1.22 bits per heavy atom. The van der Waals surface area contributed by atoms with Crippen LogP contribution in [0.4, 0.5) is 0 Å². The quantitative estimate of drug-likeness (QED) is 0.746. The molecule has 1 aromatic carbocycles. The monoisotopic (exact) mass is 380 g/mol. The van der Waals surface area contributed by atoms with Crippen molar-refractivity contribution in [3.8, 4) is 0 Å². The van der Waals surface area contributed by atoms with Crippen molar-refractivity contribution in [2.75, 3.05) is 13.1 Å². The molecule has 0 spiro atoms. The van der Waals surface area contributed by atoms with E-state index < -0.39 is 0 Å². The summed E-state index contributed by atoms with van der Waals surface area (Å²) in [6, 6.07) is 12.1. The van der Waals surface area contributed by atoms with Crippen LogP contribution in [0.5, 0.6) is 0 Å². The molecule has 1 N–H and O–H groups in total. The first kappa shape index (κ1) is 18.0. The lowest BCUT2D eigenvalue weighted by atomic mass is 9.92. The first-order valence-corrected chi connectivity index (χ1v) is 10.4. The molecule has 1 aliphatic heterocycles. The van der Waals surface area contributed by atoms with Crippen molar-refractivity contribution >= 4 is 28.1 Å². The summed E-state index contributed by atoms with van der Waals surface area (Å²) in [5, 5.41) is 3.11. The van der Waals surface area contributed by atoms with Crippen LogP contribution in [0.25, 0.3) is 10.9 Å². The van der Waals surface area contributed by atoms with Crippen LogP contribution in [0.2, 0.25) is 0 Å². The van der Waals surface area contributed by atoms with Crippen LogP contribution in [0.3, 0.4) is 0 Å². The van der Waals surface area contributed by atoms with Gasteiger partial charge in [0.2, 0.25) is 5.91 Å². The van der Waals surface area contributed by atoms with Gasteiger partial charge >= 0.3 is 0 Å². The third kappa shape index (κ3) is 4.14. The number of hydrogen-bond acceptors (Lipinski definition) is 3. The first-order chi connectivity index (χ1) is 13.1. The molecule has 0 aliphatic carbocycles. The summed E-state index contributed by atoms with van der Waals surface area (Å²) in [5.41, 5.74) is 2.45. The molecular formula is C22H24N2O2S. The Bertz CT molecular complexity index is 999. The molecule has 1 aliphatic rings. The van der Waals surface area contributed by atoms with Crippen LogP contribution in [-0.2, 0) is 17.6 Å². The summed E-state index contributed by atoms with van der Waals surface area (Å²) in [4.78, 5) is 30.8. The van der Waals surface area contributed by atoms with Crippen molar-refractivity contribution in [2.24, 2.45) is 5.92 Å². The number of pyridine rings is 1. The molecule has 0 unspecified atom stereocenters. The van der Waals surface area contributed by atoms with E-state index >= 15 is 0 Å². The number of aromatic nitrogens is 1. The molecule has 0 atom stereocenters. The molecule has 3 aromatic rings. The Morgan fingerprint density at radius 2 is 2.04 bits per heavy atom. The van der Waals surface area contributed by atoms with E-state index in [1.807, 2.05) is 40.5 Å². The highest BCUT2D eigenvalue weighted by molar-refractivity contribution is 7.09. The van der Waals surface area contributed by atoms with Crippen LogP contribution in [-0.4, -0.2) is 28.9 Å². The number of hydrogen-bond donors (Lipinski definition) is 1. The molecule has 3 heterocycles. The zero-order valence-corrected chi connectivity index (χ0v) is 16.3. The highest BCUT2D eigenvalue weighted by atomic mass is 32.1. The van der Waals surface area contributed by atoms with Gasteiger partial charge in [-0.3, -0.25) is 9.59 Å². The van der Waals surface area contributed by atoms with Crippen molar-refractivity contribution in [1.29, 1.82) is 0 Å². The topological polar surface area (TPSA) is 53.2 Å². The minimum atomic E-state index is -0.0586. The number of aryl methyl sites for hydroxylation is 1. The maximum atomic E-state index is 12.7. The summed E-state index contributed by atoms with van der Waals surface area (Å²) >= 11 is 1.83. The van der Waals surface area contributed by atoms with Gasteiger partial charge in [-0.05, 0) is 72.7 Å². The lowest BCUT2D eigenvalue weighted by molar-refractivity contribution is -0.131. The smallest absolute Gasteiger partial charge is 0.251 e. The third-order valence-electron chi connectivity index (χ3n) is 5.49. The predicted molar refractivity (Wildman–Crippen MR) is 110 cm³/mol. The number of nitrogens with one attached hydrogen (secondary N) is 1. The van der Waals surface area contributed by atoms with Crippen molar-refractivity contribution in [1.82, 2.24) is 9.88 Å². The van der Waals surface area contributed by atoms with E-state index in [2.05, 4.69) is 22.5 Å². The van der Waals surface area contributed by atoms with Gasteiger partial charge < -0.3 is 9.88 Å². The molecule has 1 amide bonds. The average Bonchev–Trinajstić information content (AvgIpc) is 3.16. The largest absolute Gasteiger partial charge is 0.342 e. The number of carbonyl (C=O) groups excluding carboxylic acids is 1. The highest BCUT2D eigenvalue weighted by Crippen LogP contribution is 2.24. The second-order valence-electron chi connectivity index (χ2n) is 7.49. The van der Waals surface area contributed by atoms with Crippen molar-refractivity contribution < 1.29 is 4.79 Å². The van der Waals surface area contributed by atoms with E-state index in [0.717, 1.165) is 48.8 Å². The van der Waals surface area contributed by atoms with Crippen LogP contribution in [0.1, 0.15) is 28.8 Å². The number of nitrogens with zero attached hydrogens (tertiary/aromatic N) is 1. The Morgan fingerprint density at radius 3 is 2.78 bits per heavy atom. The van der Waals surface area contributed by atoms with Gasteiger partial charge in [-0.25, -0.2) is 0 Å². The number of carbonyl (C=O) groups is 1. The van der Waals surface area contributed by atoms with Gasteiger partial charge in [0.05, 0.1) is 6.42 Å². The fourth-order valence-corrected chi connectivity index (χ4v) is 4.68. The second-order valence-corrected chi connectivity index (χ2v) is 8.52. The van der Waals surface area contributed by atoms with Crippen molar-refractivity contribution in [3.63, 3.8) is 0 Å². The number of rotatable bonds is 4. The van der Waals surface area contributed by atoms with Gasteiger partial charge in [0.25, 0.3) is 5.56 Å². The van der Waals surface area contributed by atoms with E-state index in [1.54, 1.807) is 6.92 Å². The molecule has 1 fully saturated rings. The summed E-state index contributed by atoms with van der Waals surface area (Å²) in [6.07, 6.45) is 3.73. The summed E-state index contributed by atoms with van der Waals surface area (Å²) < 4.78 is 0. The van der Waals surface area contributed by atoms with Gasteiger partial charge in [-0.15, -0.1) is 11.3 Å². The number of amides is 1. The standard InChI is InChI=1S/C22H24N2O2S/c1-15-11-18-12-17(4-5-20(18)23-22(15)26)14-21(25)24-8-6-16(7-9-24)13-19-3-2-10-27-19/h2-5,10-12,16H,6-9,13-14H2,1H3,(H,23,26). The van der Waals surface area contributed by atoms with Crippen LogP contribution in [0, 0.1) is 12.8 Å². The fraction of sp³-hybridized carbons (Fsp3) is 0.364. The summed E-state index contributed by atoms with van der Waals surface area (Å²) in [7, 11) is 0. The summed E-state index contributed by atoms with van der Waals surface area (Å²) in [5.74, 6) is 0.887. The number of likely N-dealkylation sites (tertiary alicyclic amines) is 1. The number of aromatic amines is 1. The lowest BCUT2D eigenvalue weighted by Crippen LogP contribution is -2.39. The second kappa shape index (κ2) is 7.69. The first-order valence-electron chi connectivity index (χ1n) is 9.51. The molecule has 5 heteroatoms. The van der Waals surface area contributed by atoms with Gasteiger partial charge in [-0.1, -0.05) is 12.1 Å². The number of fused-ring (bicyclic) bond motifs is 1. The fourth-order valence-electron chi connectivity index (χ4n) is 3.86. The molecule has 140 valence electrons. The average molecular weight is 381 g/mol. The maximum absolute atomic E-state index is 12.7. The molecule has 27 heavy (non-hydrogen) atoms. The van der Waals surface area contributed by atoms with E-state index in [-0.39, 0.29) is 11.5 Å². The zero-order valence-electron chi connectivity index (χ0n) is 15.5. The molecule has 0 radical (unpaired) electrons. The van der Waals surface area contributed by atoms with Gasteiger partial charge in [0, 0.05) is 29.0 Å². The molecular weight excluding hydrogens is 356 g/mol. The van der Waals surface area contributed by atoms with E-state index in [1.165, 1.54) is 4.88 Å². The predicted octanol–water partition coefficient (Wildman–Crippen LogP) is 3.92. The van der Waals surface area contributed by atoms with Crippen molar-refractivity contribution in [3.05, 3.63) is 68.1 Å². The minimum absolute atomic E-state index is 0.0586. The number of thiophene rings is 1. The minimum Gasteiger partial charge on any atom is -0.342 e. The Balaban J connectivity index is 1.37. The normalized spacial score (nSPS) is 15.4. The molecule has 0 saturated carbocycles. The molecule has 2 aromatic heterocycles. The van der Waals surface area contributed by atoms with Gasteiger partial charge in [0.15, 0.2) is 0 Å². The molecule has 4 nitrogen and oxygen atoms in total. The summed E-state index contributed by atoms with van der Waals surface area (Å²) in [6.45, 7) is 3.51. The maximum Gasteiger partial charge on any atom is 0.251 e. The number of benzene rings is 1. The number of H-pyrrole nitrogens is 1. The molecule has 0 bridgehead atoms. The van der Waals surface area contributed by atoms with Crippen LogP contribution in [0.15, 0.2) is 46.6 Å². The van der Waals surface area contributed by atoms with Gasteiger partial charge in [0.1, 0.15) is 0 Å². The Hall–Kier alpha value is -2.40.